The van der Waals surface area contributed by atoms with Gasteiger partial charge in [0.05, 0.1) is 17.0 Å². The van der Waals surface area contributed by atoms with Gasteiger partial charge in [0.25, 0.3) is 10.0 Å². The molecule has 0 spiro atoms. The van der Waals surface area contributed by atoms with Crippen LogP contribution in [0.5, 0.6) is 5.75 Å². The highest BCUT2D eigenvalue weighted by molar-refractivity contribution is 7.92. The van der Waals surface area contributed by atoms with E-state index in [9.17, 15) is 8.42 Å². The zero-order chi connectivity index (χ0) is 17.0. The van der Waals surface area contributed by atoms with Crippen molar-refractivity contribution in [1.82, 2.24) is 10.2 Å². The third kappa shape index (κ3) is 4.46. The average Bonchev–Trinajstić information content (AvgIpc) is 2.48. The molecular formula is C14H17ClN4O3S. The number of ether oxygens (including phenoxy) is 1. The highest BCUT2D eigenvalue weighted by Crippen LogP contribution is 2.27. The van der Waals surface area contributed by atoms with Crippen molar-refractivity contribution in [2.75, 3.05) is 17.1 Å². The number of methoxy groups -OCH3 is 1. The Labute approximate surface area is 140 Å². The van der Waals surface area contributed by atoms with Crippen molar-refractivity contribution >= 4 is 33.3 Å². The largest absolute Gasteiger partial charge is 0.495 e. The summed E-state index contributed by atoms with van der Waals surface area (Å²) in [5.41, 5.74) is 0. The van der Waals surface area contributed by atoms with Gasteiger partial charge in [0.15, 0.2) is 5.82 Å². The van der Waals surface area contributed by atoms with Gasteiger partial charge >= 0.3 is 0 Å². The molecule has 0 radical (unpaired) electrons. The summed E-state index contributed by atoms with van der Waals surface area (Å²) in [5, 5.41) is 11.0. The Morgan fingerprint density at radius 3 is 2.30 bits per heavy atom. The Kier molecular flexibility index (Phi) is 5.27. The minimum atomic E-state index is -3.81. The van der Waals surface area contributed by atoms with Crippen molar-refractivity contribution in [2.24, 2.45) is 0 Å². The minimum Gasteiger partial charge on any atom is -0.495 e. The molecule has 1 aromatic heterocycles. The molecule has 0 bridgehead atoms. The fraction of sp³-hybridized carbons (Fsp3) is 0.286. The number of aromatic nitrogens is 2. The van der Waals surface area contributed by atoms with Crippen molar-refractivity contribution in [3.05, 3.63) is 35.4 Å². The first-order valence-corrected chi connectivity index (χ1v) is 8.64. The van der Waals surface area contributed by atoms with E-state index in [4.69, 9.17) is 16.3 Å². The second-order valence-electron chi connectivity index (χ2n) is 5.00. The van der Waals surface area contributed by atoms with E-state index in [1.54, 1.807) is 6.07 Å². The maximum Gasteiger partial charge on any atom is 0.263 e. The number of nitrogens with one attached hydrogen (secondary N) is 2. The van der Waals surface area contributed by atoms with E-state index in [2.05, 4.69) is 20.2 Å². The third-order valence-corrected chi connectivity index (χ3v) is 4.42. The van der Waals surface area contributed by atoms with Gasteiger partial charge in [0.1, 0.15) is 11.6 Å². The van der Waals surface area contributed by atoms with E-state index in [1.165, 1.54) is 31.4 Å². The number of nitrogens with zero attached hydrogens (tertiary/aromatic N) is 2. The van der Waals surface area contributed by atoms with Gasteiger partial charge in [-0.1, -0.05) is 11.6 Å². The first-order valence-electron chi connectivity index (χ1n) is 6.78. The fourth-order valence-corrected chi connectivity index (χ4v) is 3.11. The van der Waals surface area contributed by atoms with Gasteiger partial charge in [0.2, 0.25) is 0 Å². The van der Waals surface area contributed by atoms with Gasteiger partial charge in [-0.15, -0.1) is 10.2 Å². The van der Waals surface area contributed by atoms with Crippen molar-refractivity contribution in [3.63, 3.8) is 0 Å². The molecule has 2 aromatic rings. The van der Waals surface area contributed by atoms with Gasteiger partial charge in [-0.25, -0.2) is 8.42 Å². The van der Waals surface area contributed by atoms with Crippen molar-refractivity contribution in [1.29, 1.82) is 0 Å². The summed E-state index contributed by atoms with van der Waals surface area (Å²) in [6.07, 6.45) is 0. The molecule has 0 atom stereocenters. The summed E-state index contributed by atoms with van der Waals surface area (Å²) in [6, 6.07) is 7.57. The molecule has 2 N–H and O–H groups in total. The van der Waals surface area contributed by atoms with E-state index >= 15 is 0 Å². The van der Waals surface area contributed by atoms with Crippen LogP contribution in [0.15, 0.2) is 35.2 Å². The van der Waals surface area contributed by atoms with Crippen molar-refractivity contribution in [2.45, 2.75) is 24.8 Å². The monoisotopic (exact) mass is 356 g/mol. The number of rotatable bonds is 6. The molecule has 0 aliphatic carbocycles. The number of hydrogen-bond donors (Lipinski definition) is 2. The molecule has 0 saturated carbocycles. The predicted molar refractivity (Wildman–Crippen MR) is 89.6 cm³/mol. The van der Waals surface area contributed by atoms with E-state index in [-0.39, 0.29) is 21.8 Å². The predicted octanol–water partition coefficient (Wildman–Crippen LogP) is 2.76. The summed E-state index contributed by atoms with van der Waals surface area (Å²) < 4.78 is 32.0. The molecule has 0 aliphatic heterocycles. The third-order valence-electron chi connectivity index (χ3n) is 2.77. The lowest BCUT2D eigenvalue weighted by Crippen LogP contribution is -2.15. The number of hydrogen-bond acceptors (Lipinski definition) is 6. The summed E-state index contributed by atoms with van der Waals surface area (Å²) in [4.78, 5) is 0.00878. The van der Waals surface area contributed by atoms with Crippen LogP contribution in [-0.2, 0) is 10.0 Å². The van der Waals surface area contributed by atoms with Crippen LogP contribution in [0.1, 0.15) is 13.8 Å². The highest BCUT2D eigenvalue weighted by atomic mass is 35.5. The number of benzene rings is 1. The van der Waals surface area contributed by atoms with Crippen LogP contribution in [0.25, 0.3) is 0 Å². The number of sulfonamides is 1. The lowest BCUT2D eigenvalue weighted by atomic mass is 10.3. The number of anilines is 2. The Morgan fingerprint density at radius 2 is 1.78 bits per heavy atom. The molecule has 23 heavy (non-hydrogen) atoms. The standard InChI is InChI=1S/C14H17ClN4O3S/c1-9(2)16-13-6-7-14(18-17-13)19-23(20,21)10-4-5-12(22-3)11(15)8-10/h4-9H,1-3H3,(H,16,17)(H,18,19). The molecule has 0 saturated heterocycles. The second-order valence-corrected chi connectivity index (χ2v) is 7.09. The Balaban J connectivity index is 2.19. The fourth-order valence-electron chi connectivity index (χ4n) is 1.77. The molecule has 7 nitrogen and oxygen atoms in total. The van der Waals surface area contributed by atoms with Crippen LogP contribution < -0.4 is 14.8 Å². The smallest absolute Gasteiger partial charge is 0.263 e. The number of halogens is 1. The van der Waals surface area contributed by atoms with Crippen LogP contribution in [0.4, 0.5) is 11.6 Å². The lowest BCUT2D eigenvalue weighted by Gasteiger charge is -2.10. The second kappa shape index (κ2) is 7.01. The molecule has 1 aromatic carbocycles. The van der Waals surface area contributed by atoms with Gasteiger partial charge in [-0.05, 0) is 44.2 Å². The topological polar surface area (TPSA) is 93.2 Å². The molecule has 9 heteroatoms. The Hall–Kier alpha value is -2.06. The van der Waals surface area contributed by atoms with Gasteiger partial charge in [-0.2, -0.15) is 0 Å². The van der Waals surface area contributed by atoms with Crippen LogP contribution in [0.3, 0.4) is 0 Å². The highest BCUT2D eigenvalue weighted by Gasteiger charge is 2.17. The molecule has 0 amide bonds. The summed E-state index contributed by atoms with van der Waals surface area (Å²) in [7, 11) is -2.36. The minimum absolute atomic E-state index is 0.00878. The van der Waals surface area contributed by atoms with E-state index < -0.39 is 10.0 Å². The summed E-state index contributed by atoms with van der Waals surface area (Å²) in [6.45, 7) is 3.93. The Morgan fingerprint density at radius 1 is 1.13 bits per heavy atom. The summed E-state index contributed by atoms with van der Waals surface area (Å²) >= 11 is 5.95. The average molecular weight is 357 g/mol. The van der Waals surface area contributed by atoms with Gasteiger partial charge < -0.3 is 10.1 Å². The van der Waals surface area contributed by atoms with Crippen LogP contribution >= 0.6 is 11.6 Å². The Bertz CT molecular complexity index is 779. The first kappa shape index (κ1) is 17.3. The summed E-state index contributed by atoms with van der Waals surface area (Å²) in [5.74, 6) is 1.08. The van der Waals surface area contributed by atoms with E-state index in [0.717, 1.165) is 0 Å². The first-order chi connectivity index (χ1) is 10.8. The lowest BCUT2D eigenvalue weighted by molar-refractivity contribution is 0.414. The molecule has 124 valence electrons. The van der Waals surface area contributed by atoms with Crippen molar-refractivity contribution in [3.8, 4) is 5.75 Å². The maximum atomic E-state index is 12.3. The van der Waals surface area contributed by atoms with Crippen LogP contribution in [0, 0.1) is 0 Å². The molecule has 0 fully saturated rings. The normalized spacial score (nSPS) is 11.3. The SMILES string of the molecule is COc1ccc(S(=O)(=O)Nc2ccc(NC(C)C)nn2)cc1Cl. The zero-order valence-electron chi connectivity index (χ0n) is 12.9. The van der Waals surface area contributed by atoms with E-state index in [0.29, 0.717) is 11.6 Å². The molecule has 0 unspecified atom stereocenters. The maximum absolute atomic E-state index is 12.3. The van der Waals surface area contributed by atoms with Gasteiger partial charge in [-0.3, -0.25) is 4.72 Å². The molecule has 0 aliphatic rings. The molecule has 2 rings (SSSR count). The van der Waals surface area contributed by atoms with Crippen LogP contribution in [-0.4, -0.2) is 31.8 Å². The molecule has 1 heterocycles. The van der Waals surface area contributed by atoms with E-state index in [1.807, 2.05) is 13.8 Å². The van der Waals surface area contributed by atoms with Crippen LogP contribution in [0.2, 0.25) is 5.02 Å². The van der Waals surface area contributed by atoms with Crippen molar-refractivity contribution < 1.29 is 13.2 Å². The quantitative estimate of drug-likeness (QED) is 0.826. The van der Waals surface area contributed by atoms with Gasteiger partial charge in [0, 0.05) is 6.04 Å². The zero-order valence-corrected chi connectivity index (χ0v) is 14.4. The molecular weight excluding hydrogens is 340 g/mol.